The van der Waals surface area contributed by atoms with Crippen molar-refractivity contribution < 1.29 is 18.0 Å². The Morgan fingerprint density at radius 1 is 0.879 bits per heavy atom. The van der Waals surface area contributed by atoms with Crippen molar-refractivity contribution in [2.75, 3.05) is 11.1 Å². The Labute approximate surface area is 199 Å². The second-order valence-electron chi connectivity index (χ2n) is 7.02. The molecule has 1 N–H and O–H groups in total. The van der Waals surface area contributed by atoms with E-state index in [1.165, 1.54) is 24.3 Å². The lowest BCUT2D eigenvalue weighted by Gasteiger charge is -2.04. The molecule has 6 nitrogen and oxygen atoms in total. The smallest absolute Gasteiger partial charge is 0.241 e. The summed E-state index contributed by atoms with van der Waals surface area (Å²) in [4.78, 5) is 30.4. The van der Waals surface area contributed by atoms with Crippen molar-refractivity contribution in [1.82, 2.24) is 4.98 Å². The number of nitrogens with zero attached hydrogens (tertiary/aromatic N) is 1. The number of aromatic nitrogens is 1. The Hall–Kier alpha value is -3.33. The summed E-state index contributed by atoms with van der Waals surface area (Å²) >= 11 is 6.81. The SMILES string of the molecule is O=C(CS(=O)(=O)c1ccc(Cl)cc1)Nc1nc(-c2ccccc2)c(C(=O)c2ccccc2)s1. The third kappa shape index (κ3) is 5.36. The molecule has 0 bridgehead atoms. The number of ketones is 1. The predicted molar refractivity (Wildman–Crippen MR) is 130 cm³/mol. The minimum Gasteiger partial charge on any atom is -0.301 e. The molecule has 1 aromatic heterocycles. The zero-order valence-corrected chi connectivity index (χ0v) is 19.5. The minimum absolute atomic E-state index is 0.00823. The van der Waals surface area contributed by atoms with Crippen LogP contribution in [0.15, 0.2) is 89.8 Å². The van der Waals surface area contributed by atoms with E-state index in [-0.39, 0.29) is 15.8 Å². The molecule has 0 unspecified atom stereocenters. The third-order valence-corrected chi connectivity index (χ3v) is 7.51. The molecule has 0 fully saturated rings. The third-order valence-electron chi connectivity index (χ3n) is 4.66. The van der Waals surface area contributed by atoms with Gasteiger partial charge in [-0.1, -0.05) is 83.6 Å². The maximum absolute atomic E-state index is 13.1. The number of hydrogen-bond acceptors (Lipinski definition) is 6. The van der Waals surface area contributed by atoms with E-state index in [9.17, 15) is 18.0 Å². The van der Waals surface area contributed by atoms with Gasteiger partial charge in [-0.3, -0.25) is 9.59 Å². The van der Waals surface area contributed by atoms with Gasteiger partial charge in [0.25, 0.3) is 0 Å². The number of benzene rings is 3. The largest absolute Gasteiger partial charge is 0.301 e. The number of carbonyl (C=O) groups is 2. The summed E-state index contributed by atoms with van der Waals surface area (Å²) in [5.41, 5.74) is 1.62. The van der Waals surface area contributed by atoms with Gasteiger partial charge in [0, 0.05) is 16.1 Å². The lowest BCUT2D eigenvalue weighted by molar-refractivity contribution is -0.113. The quantitative estimate of drug-likeness (QED) is 0.359. The molecule has 0 radical (unpaired) electrons. The molecule has 0 aliphatic heterocycles. The Morgan fingerprint density at radius 2 is 1.48 bits per heavy atom. The normalized spacial score (nSPS) is 11.2. The molecular formula is C24H17ClN2O4S2. The van der Waals surface area contributed by atoms with Gasteiger partial charge < -0.3 is 5.32 Å². The number of sulfone groups is 1. The number of rotatable bonds is 7. The van der Waals surface area contributed by atoms with Gasteiger partial charge in [0.05, 0.1) is 10.6 Å². The number of halogens is 1. The van der Waals surface area contributed by atoms with Crippen LogP contribution in [0, 0.1) is 0 Å². The molecular weight excluding hydrogens is 480 g/mol. The standard InChI is InChI=1S/C24H17ClN2O4S2/c25-18-11-13-19(14-12-18)33(30,31)15-20(28)26-24-27-21(16-7-3-1-4-8-16)23(32-24)22(29)17-9-5-2-6-10-17/h1-14H,15H2,(H,26,27,28). The molecule has 1 amide bonds. The summed E-state index contributed by atoms with van der Waals surface area (Å²) in [5, 5.41) is 3.06. The van der Waals surface area contributed by atoms with Gasteiger partial charge in [-0.25, -0.2) is 13.4 Å². The Morgan fingerprint density at radius 3 is 2.12 bits per heavy atom. The highest BCUT2D eigenvalue weighted by atomic mass is 35.5. The molecule has 0 aliphatic carbocycles. The van der Waals surface area contributed by atoms with Gasteiger partial charge in [-0.15, -0.1) is 0 Å². The molecule has 0 aliphatic rings. The summed E-state index contributed by atoms with van der Waals surface area (Å²) in [6, 6.07) is 23.4. The van der Waals surface area contributed by atoms with Gasteiger partial charge in [0.2, 0.25) is 11.7 Å². The fourth-order valence-corrected chi connectivity index (χ4v) is 5.32. The van der Waals surface area contributed by atoms with Crippen LogP contribution >= 0.6 is 22.9 Å². The molecule has 0 atom stereocenters. The van der Waals surface area contributed by atoms with Gasteiger partial charge in [-0.2, -0.15) is 0 Å². The van der Waals surface area contributed by atoms with E-state index >= 15 is 0 Å². The first-order valence-corrected chi connectivity index (χ1v) is 12.6. The second kappa shape index (κ2) is 9.66. The topological polar surface area (TPSA) is 93.2 Å². The van der Waals surface area contributed by atoms with Crippen molar-refractivity contribution >= 4 is 49.6 Å². The highest BCUT2D eigenvalue weighted by Gasteiger charge is 2.24. The van der Waals surface area contributed by atoms with Gasteiger partial charge >= 0.3 is 0 Å². The average Bonchev–Trinajstić information content (AvgIpc) is 3.23. The first kappa shape index (κ1) is 22.8. The van der Waals surface area contributed by atoms with Crippen molar-refractivity contribution in [1.29, 1.82) is 0 Å². The van der Waals surface area contributed by atoms with Crippen LogP contribution < -0.4 is 5.32 Å². The summed E-state index contributed by atoms with van der Waals surface area (Å²) in [5.74, 6) is -1.75. The van der Waals surface area contributed by atoms with Crippen molar-refractivity contribution in [3.05, 3.63) is 100 Å². The zero-order chi connectivity index (χ0) is 23.4. The van der Waals surface area contributed by atoms with E-state index in [0.29, 0.717) is 26.7 Å². The van der Waals surface area contributed by atoms with E-state index in [2.05, 4.69) is 10.3 Å². The number of carbonyl (C=O) groups excluding carboxylic acids is 2. The van der Waals surface area contributed by atoms with Crippen LogP contribution in [0.2, 0.25) is 5.02 Å². The van der Waals surface area contributed by atoms with E-state index in [4.69, 9.17) is 11.6 Å². The van der Waals surface area contributed by atoms with Crippen LogP contribution in [0.5, 0.6) is 0 Å². The molecule has 9 heteroatoms. The summed E-state index contributed by atoms with van der Waals surface area (Å²) in [7, 11) is -3.87. The number of thiazole rings is 1. The van der Waals surface area contributed by atoms with Crippen LogP contribution in [0.4, 0.5) is 5.13 Å². The van der Waals surface area contributed by atoms with Crippen LogP contribution in [-0.4, -0.2) is 30.8 Å². The van der Waals surface area contributed by atoms with Crippen molar-refractivity contribution in [3.63, 3.8) is 0 Å². The first-order valence-electron chi connectivity index (χ1n) is 9.78. The summed E-state index contributed by atoms with van der Waals surface area (Å²) in [6.07, 6.45) is 0. The van der Waals surface area contributed by atoms with Gasteiger partial charge in [0.15, 0.2) is 15.0 Å². The molecule has 1 heterocycles. The molecule has 33 heavy (non-hydrogen) atoms. The minimum atomic E-state index is -3.87. The lowest BCUT2D eigenvalue weighted by atomic mass is 10.1. The molecule has 0 saturated heterocycles. The van der Waals surface area contributed by atoms with Crippen molar-refractivity contribution in [3.8, 4) is 11.3 Å². The molecule has 3 aromatic carbocycles. The number of hydrogen-bond donors (Lipinski definition) is 1. The molecule has 4 rings (SSSR count). The van der Waals surface area contributed by atoms with E-state index in [0.717, 1.165) is 11.3 Å². The maximum Gasteiger partial charge on any atom is 0.241 e. The van der Waals surface area contributed by atoms with Crippen LogP contribution in [0.3, 0.4) is 0 Å². The first-order chi connectivity index (χ1) is 15.8. The Kier molecular flexibility index (Phi) is 6.69. The van der Waals surface area contributed by atoms with Crippen LogP contribution in [0.1, 0.15) is 15.2 Å². The predicted octanol–water partition coefficient (Wildman–Crippen LogP) is 5.11. The summed E-state index contributed by atoms with van der Waals surface area (Å²) < 4.78 is 25.1. The lowest BCUT2D eigenvalue weighted by Crippen LogP contribution is -2.22. The number of amides is 1. The van der Waals surface area contributed by atoms with Crippen LogP contribution in [-0.2, 0) is 14.6 Å². The highest BCUT2D eigenvalue weighted by Crippen LogP contribution is 2.33. The number of anilines is 1. The average molecular weight is 497 g/mol. The summed E-state index contributed by atoms with van der Waals surface area (Å²) in [6.45, 7) is 0. The molecule has 0 spiro atoms. The maximum atomic E-state index is 13.1. The molecule has 166 valence electrons. The Balaban J connectivity index is 1.62. The van der Waals surface area contributed by atoms with Gasteiger partial charge in [0.1, 0.15) is 10.6 Å². The zero-order valence-electron chi connectivity index (χ0n) is 17.1. The highest BCUT2D eigenvalue weighted by molar-refractivity contribution is 7.92. The van der Waals surface area contributed by atoms with Crippen LogP contribution in [0.25, 0.3) is 11.3 Å². The Bertz CT molecular complexity index is 1400. The van der Waals surface area contributed by atoms with Crippen molar-refractivity contribution in [2.24, 2.45) is 0 Å². The number of nitrogens with one attached hydrogen (secondary N) is 1. The van der Waals surface area contributed by atoms with E-state index in [1.54, 1.807) is 24.3 Å². The van der Waals surface area contributed by atoms with Gasteiger partial charge in [-0.05, 0) is 24.3 Å². The van der Waals surface area contributed by atoms with E-state index in [1.807, 2.05) is 36.4 Å². The fraction of sp³-hybridized carbons (Fsp3) is 0.0417. The fourth-order valence-electron chi connectivity index (χ4n) is 3.09. The molecule has 4 aromatic rings. The second-order valence-corrected chi connectivity index (χ2v) is 10.4. The monoisotopic (exact) mass is 496 g/mol. The molecule has 0 saturated carbocycles. The van der Waals surface area contributed by atoms with E-state index < -0.39 is 21.5 Å². The van der Waals surface area contributed by atoms with Crippen molar-refractivity contribution in [2.45, 2.75) is 4.90 Å².